The standard InChI is InChI=1S/C23H34N2O3/c1-4-28-20-6-5-16(10-21(20)27-3)14-25(2)15-22(26)24-23-11-17-7-18(12-23)9-19(8-17)13-23/h5-6,10,17-19H,4,7-9,11-15H2,1-3H3,(H,24,26)/p+1. The van der Waals surface area contributed by atoms with Gasteiger partial charge in [0.1, 0.15) is 6.54 Å². The first-order valence-corrected chi connectivity index (χ1v) is 10.9. The highest BCUT2D eigenvalue weighted by molar-refractivity contribution is 5.77. The van der Waals surface area contributed by atoms with Gasteiger partial charge in [-0.25, -0.2) is 0 Å². The van der Waals surface area contributed by atoms with Crippen LogP contribution in [0.1, 0.15) is 51.0 Å². The van der Waals surface area contributed by atoms with Crippen LogP contribution in [0.25, 0.3) is 0 Å². The molecular formula is C23H35N2O3+. The number of carbonyl (C=O) groups excluding carboxylic acids is 1. The van der Waals surface area contributed by atoms with Crippen LogP contribution >= 0.6 is 0 Å². The third-order valence-corrected chi connectivity index (χ3v) is 6.94. The van der Waals surface area contributed by atoms with Crippen molar-refractivity contribution in [3.8, 4) is 11.5 Å². The fraction of sp³-hybridized carbons (Fsp3) is 0.696. The third kappa shape index (κ3) is 4.14. The van der Waals surface area contributed by atoms with Crippen molar-refractivity contribution in [2.45, 2.75) is 57.5 Å². The van der Waals surface area contributed by atoms with E-state index in [0.717, 1.165) is 41.4 Å². The number of amides is 1. The fourth-order valence-corrected chi connectivity index (χ4v) is 6.39. The molecule has 2 N–H and O–H groups in total. The van der Waals surface area contributed by atoms with Crippen LogP contribution < -0.4 is 19.7 Å². The van der Waals surface area contributed by atoms with Crippen molar-refractivity contribution in [2.75, 3.05) is 27.3 Å². The summed E-state index contributed by atoms with van der Waals surface area (Å²) >= 11 is 0. The molecular weight excluding hydrogens is 352 g/mol. The van der Waals surface area contributed by atoms with E-state index >= 15 is 0 Å². The average Bonchev–Trinajstić information content (AvgIpc) is 2.61. The number of methoxy groups -OCH3 is 1. The number of benzene rings is 1. The Bertz CT molecular complexity index is 683. The summed E-state index contributed by atoms with van der Waals surface area (Å²) in [6.07, 6.45) is 7.83. The Hall–Kier alpha value is -1.75. The summed E-state index contributed by atoms with van der Waals surface area (Å²) in [6, 6.07) is 6.04. The Kier molecular flexibility index (Phi) is 5.55. The van der Waals surface area contributed by atoms with Gasteiger partial charge in [-0.05, 0) is 81.4 Å². The van der Waals surface area contributed by atoms with E-state index in [9.17, 15) is 4.79 Å². The van der Waals surface area contributed by atoms with E-state index in [2.05, 4.69) is 18.4 Å². The number of hydrogen-bond donors (Lipinski definition) is 2. The molecule has 4 bridgehead atoms. The lowest BCUT2D eigenvalue weighted by molar-refractivity contribution is -0.885. The molecule has 1 unspecified atom stereocenters. The molecule has 0 aliphatic heterocycles. The zero-order valence-corrected chi connectivity index (χ0v) is 17.6. The Balaban J connectivity index is 1.32. The van der Waals surface area contributed by atoms with E-state index in [1.54, 1.807) is 7.11 Å². The highest BCUT2D eigenvalue weighted by atomic mass is 16.5. The summed E-state index contributed by atoms with van der Waals surface area (Å²) in [7, 11) is 3.75. The molecule has 1 atom stereocenters. The topological polar surface area (TPSA) is 52.0 Å². The van der Waals surface area contributed by atoms with Crippen LogP contribution in [0.3, 0.4) is 0 Å². The first-order valence-electron chi connectivity index (χ1n) is 10.9. The van der Waals surface area contributed by atoms with Gasteiger partial charge in [-0.15, -0.1) is 0 Å². The molecule has 5 rings (SSSR count). The predicted molar refractivity (Wildman–Crippen MR) is 109 cm³/mol. The molecule has 0 saturated heterocycles. The summed E-state index contributed by atoms with van der Waals surface area (Å²) < 4.78 is 11.0. The van der Waals surface area contributed by atoms with Gasteiger partial charge < -0.3 is 19.7 Å². The number of likely N-dealkylation sites (N-methyl/N-ethyl adjacent to an activating group) is 1. The minimum absolute atomic E-state index is 0.106. The van der Waals surface area contributed by atoms with Crippen molar-refractivity contribution in [1.82, 2.24) is 5.32 Å². The normalized spacial score (nSPS) is 31.5. The van der Waals surface area contributed by atoms with Crippen LogP contribution in [-0.2, 0) is 11.3 Å². The largest absolute Gasteiger partial charge is 0.493 e. The lowest BCUT2D eigenvalue weighted by Gasteiger charge is -2.56. The smallest absolute Gasteiger partial charge is 0.275 e. The van der Waals surface area contributed by atoms with Crippen LogP contribution in [0, 0.1) is 17.8 Å². The molecule has 1 aromatic carbocycles. The molecule has 28 heavy (non-hydrogen) atoms. The first kappa shape index (κ1) is 19.6. The third-order valence-electron chi connectivity index (χ3n) is 6.94. The van der Waals surface area contributed by atoms with Gasteiger partial charge in [-0.3, -0.25) is 4.79 Å². The molecule has 4 aliphatic carbocycles. The molecule has 4 saturated carbocycles. The SMILES string of the molecule is CCOc1ccc(C[NH+](C)CC(=O)NC23CC4CC(CC(C4)C2)C3)cc1OC. The van der Waals surface area contributed by atoms with Crippen LogP contribution in [0.5, 0.6) is 11.5 Å². The molecule has 5 nitrogen and oxygen atoms in total. The number of ether oxygens (including phenoxy) is 2. The zero-order valence-electron chi connectivity index (χ0n) is 17.6. The number of hydrogen-bond acceptors (Lipinski definition) is 3. The van der Waals surface area contributed by atoms with Gasteiger partial charge >= 0.3 is 0 Å². The van der Waals surface area contributed by atoms with Crippen molar-refractivity contribution in [1.29, 1.82) is 0 Å². The van der Waals surface area contributed by atoms with E-state index in [4.69, 9.17) is 9.47 Å². The van der Waals surface area contributed by atoms with Gasteiger partial charge in [0.25, 0.3) is 5.91 Å². The fourth-order valence-electron chi connectivity index (χ4n) is 6.39. The van der Waals surface area contributed by atoms with Crippen LogP contribution in [0.15, 0.2) is 18.2 Å². The lowest BCUT2D eigenvalue weighted by atomic mass is 9.53. The summed E-state index contributed by atoms with van der Waals surface area (Å²) in [4.78, 5) is 14.0. The number of nitrogens with one attached hydrogen (secondary N) is 2. The van der Waals surface area contributed by atoms with Crippen molar-refractivity contribution in [2.24, 2.45) is 17.8 Å². The van der Waals surface area contributed by atoms with Crippen molar-refractivity contribution < 1.29 is 19.2 Å². The zero-order chi connectivity index (χ0) is 19.7. The molecule has 4 fully saturated rings. The molecule has 1 amide bonds. The van der Waals surface area contributed by atoms with Gasteiger partial charge in [-0.2, -0.15) is 0 Å². The number of quaternary nitrogens is 1. The quantitative estimate of drug-likeness (QED) is 0.719. The highest BCUT2D eigenvalue weighted by Gasteiger charge is 2.51. The Morgan fingerprint density at radius 1 is 1.14 bits per heavy atom. The van der Waals surface area contributed by atoms with E-state index in [1.165, 1.54) is 43.4 Å². The maximum Gasteiger partial charge on any atom is 0.275 e. The maximum atomic E-state index is 12.8. The van der Waals surface area contributed by atoms with E-state index < -0.39 is 0 Å². The second-order valence-corrected chi connectivity index (χ2v) is 9.47. The summed E-state index contributed by atoms with van der Waals surface area (Å²) in [5.41, 5.74) is 1.26. The molecule has 0 spiro atoms. The maximum absolute atomic E-state index is 12.8. The number of carbonyl (C=O) groups is 1. The second-order valence-electron chi connectivity index (χ2n) is 9.47. The van der Waals surface area contributed by atoms with Gasteiger partial charge in [0.2, 0.25) is 0 Å². The Morgan fingerprint density at radius 2 is 1.79 bits per heavy atom. The summed E-state index contributed by atoms with van der Waals surface area (Å²) in [5.74, 6) is 4.29. The van der Waals surface area contributed by atoms with Crippen molar-refractivity contribution in [3.05, 3.63) is 23.8 Å². The van der Waals surface area contributed by atoms with E-state index in [-0.39, 0.29) is 11.4 Å². The van der Waals surface area contributed by atoms with Crippen LogP contribution in [-0.4, -0.2) is 38.8 Å². The predicted octanol–water partition coefficient (Wildman–Crippen LogP) is 2.19. The molecule has 0 radical (unpaired) electrons. The highest BCUT2D eigenvalue weighted by Crippen LogP contribution is 2.55. The average molecular weight is 388 g/mol. The molecule has 154 valence electrons. The summed E-state index contributed by atoms with van der Waals surface area (Å²) in [6.45, 7) is 3.88. The summed E-state index contributed by atoms with van der Waals surface area (Å²) in [5, 5.41) is 3.49. The van der Waals surface area contributed by atoms with Gasteiger partial charge in [0, 0.05) is 11.1 Å². The minimum atomic E-state index is 0.106. The first-order chi connectivity index (χ1) is 13.5. The van der Waals surface area contributed by atoms with E-state index in [1.807, 2.05) is 19.1 Å². The monoisotopic (exact) mass is 387 g/mol. The van der Waals surface area contributed by atoms with Crippen molar-refractivity contribution in [3.63, 3.8) is 0 Å². The molecule has 0 heterocycles. The van der Waals surface area contributed by atoms with Crippen LogP contribution in [0.4, 0.5) is 0 Å². The van der Waals surface area contributed by atoms with Crippen LogP contribution in [0.2, 0.25) is 0 Å². The van der Waals surface area contributed by atoms with Gasteiger partial charge in [0.05, 0.1) is 20.8 Å². The molecule has 1 aromatic rings. The lowest BCUT2D eigenvalue weighted by Crippen LogP contribution is -3.09. The van der Waals surface area contributed by atoms with Gasteiger partial charge in [0.15, 0.2) is 18.0 Å². The van der Waals surface area contributed by atoms with E-state index in [0.29, 0.717) is 13.2 Å². The molecule has 5 heteroatoms. The Morgan fingerprint density at radius 3 is 2.36 bits per heavy atom. The minimum Gasteiger partial charge on any atom is -0.493 e. The molecule has 4 aliphatic rings. The Labute approximate surface area is 168 Å². The second kappa shape index (κ2) is 7.94. The molecule has 0 aromatic heterocycles. The number of rotatable bonds is 8. The van der Waals surface area contributed by atoms with Crippen molar-refractivity contribution >= 4 is 5.91 Å². The van der Waals surface area contributed by atoms with Gasteiger partial charge in [-0.1, -0.05) is 0 Å².